The molecule has 2 heterocycles. The van der Waals surface area contributed by atoms with Crippen LogP contribution >= 0.6 is 0 Å². The van der Waals surface area contributed by atoms with Crippen LogP contribution in [0.3, 0.4) is 0 Å². The molecule has 1 fully saturated rings. The Labute approximate surface area is 218 Å². The molecule has 3 rings (SSSR count). The third kappa shape index (κ3) is 7.52. The molecule has 0 bridgehead atoms. The molecule has 206 valence electrons. The summed E-state index contributed by atoms with van der Waals surface area (Å²) < 4.78 is 0. The minimum absolute atomic E-state index is 0.101. The molecule has 0 aliphatic carbocycles. The molecule has 5 atom stereocenters. The van der Waals surface area contributed by atoms with E-state index in [0.717, 1.165) is 22.9 Å². The lowest BCUT2D eigenvalue weighted by atomic mass is 10.0. The predicted octanol–water partition coefficient (Wildman–Crippen LogP) is -1.35. The lowest BCUT2D eigenvalue weighted by molar-refractivity contribution is -0.145. The number of fused-ring (bicyclic) bond motifs is 1. The zero-order valence-electron chi connectivity index (χ0n) is 21.0. The van der Waals surface area contributed by atoms with Crippen molar-refractivity contribution in [3.8, 4) is 0 Å². The number of hydrogen-bond acceptors (Lipinski definition) is 7. The van der Waals surface area contributed by atoms with E-state index in [0.29, 0.717) is 13.0 Å². The van der Waals surface area contributed by atoms with E-state index in [1.54, 1.807) is 6.20 Å². The minimum Gasteiger partial charge on any atom is -0.480 e. The van der Waals surface area contributed by atoms with Crippen LogP contribution in [0.1, 0.15) is 38.2 Å². The van der Waals surface area contributed by atoms with Gasteiger partial charge in [-0.15, -0.1) is 0 Å². The molecule has 13 heteroatoms. The van der Waals surface area contributed by atoms with Crippen LogP contribution in [0.15, 0.2) is 30.5 Å². The van der Waals surface area contributed by atoms with Gasteiger partial charge in [0.25, 0.3) is 0 Å². The molecular weight excluding hydrogens is 496 g/mol. The Morgan fingerprint density at radius 1 is 1.08 bits per heavy atom. The van der Waals surface area contributed by atoms with Crippen molar-refractivity contribution in [3.63, 3.8) is 0 Å². The zero-order valence-corrected chi connectivity index (χ0v) is 21.0. The van der Waals surface area contributed by atoms with E-state index in [9.17, 15) is 34.2 Å². The summed E-state index contributed by atoms with van der Waals surface area (Å²) in [6.45, 7) is 1.88. The lowest BCUT2D eigenvalue weighted by Crippen LogP contribution is -2.58. The normalized spacial score (nSPS) is 18.2. The van der Waals surface area contributed by atoms with Gasteiger partial charge in [0, 0.05) is 29.9 Å². The second kappa shape index (κ2) is 13.0. The van der Waals surface area contributed by atoms with Crippen LogP contribution in [-0.2, 0) is 30.4 Å². The van der Waals surface area contributed by atoms with Crippen molar-refractivity contribution in [1.82, 2.24) is 26.3 Å². The molecular formula is C25H34N6O7. The van der Waals surface area contributed by atoms with Gasteiger partial charge in [0.1, 0.15) is 12.1 Å². The molecule has 0 radical (unpaired) electrons. The molecule has 4 amide bonds. The highest BCUT2D eigenvalue weighted by Crippen LogP contribution is 2.19. The fraction of sp³-hybridized carbons (Fsp3) is 0.480. The molecule has 2 aromatic rings. The van der Waals surface area contributed by atoms with Gasteiger partial charge in [0.15, 0.2) is 6.04 Å². The number of hydrogen-bond donors (Lipinski definition) is 8. The number of nitrogens with one attached hydrogen (secondary N) is 5. The summed E-state index contributed by atoms with van der Waals surface area (Å²) in [5.41, 5.74) is 6.83. The van der Waals surface area contributed by atoms with Crippen molar-refractivity contribution in [2.75, 3.05) is 6.54 Å². The number of aliphatic hydroxyl groups is 1. The topological polar surface area (TPSA) is 216 Å². The standard InChI is InChI=1S/C25H34N6O7/c1-13(32)21(25(37)38)31-23(35)18(8-9-20(26)33)29-24(36)19(30-22(34)17-7-4-10-27-17)11-14-12-28-16-6-3-2-5-15(14)16/h2-3,5-6,12-13,17-19,21,27-28,32H,4,7-11H2,1H3,(H2,26,33)(H,29,36)(H,30,34)(H,31,35)(H,37,38). The van der Waals surface area contributed by atoms with Gasteiger partial charge in [0.05, 0.1) is 12.1 Å². The maximum Gasteiger partial charge on any atom is 0.328 e. The van der Waals surface area contributed by atoms with Crippen LogP contribution in [0.25, 0.3) is 10.9 Å². The first-order valence-corrected chi connectivity index (χ1v) is 12.5. The molecule has 9 N–H and O–H groups in total. The molecule has 38 heavy (non-hydrogen) atoms. The van der Waals surface area contributed by atoms with Crippen LogP contribution < -0.4 is 27.0 Å². The van der Waals surface area contributed by atoms with Gasteiger partial charge in [-0.25, -0.2) is 4.79 Å². The Morgan fingerprint density at radius 3 is 2.42 bits per heavy atom. The number of carboxylic acid groups (broad SMARTS) is 1. The van der Waals surface area contributed by atoms with Crippen LogP contribution in [0, 0.1) is 0 Å². The fourth-order valence-electron chi connectivity index (χ4n) is 4.38. The van der Waals surface area contributed by atoms with Crippen LogP contribution in [-0.4, -0.2) is 81.6 Å². The number of benzene rings is 1. The van der Waals surface area contributed by atoms with Gasteiger partial charge in [-0.1, -0.05) is 18.2 Å². The Bertz CT molecular complexity index is 1170. The second-order valence-corrected chi connectivity index (χ2v) is 9.40. The highest BCUT2D eigenvalue weighted by atomic mass is 16.4. The second-order valence-electron chi connectivity index (χ2n) is 9.40. The van der Waals surface area contributed by atoms with E-state index >= 15 is 0 Å². The molecule has 1 aliphatic heterocycles. The first kappa shape index (κ1) is 28.6. The van der Waals surface area contributed by atoms with Crippen molar-refractivity contribution < 1.29 is 34.2 Å². The van der Waals surface area contributed by atoms with Gasteiger partial charge in [-0.05, 0) is 44.4 Å². The lowest BCUT2D eigenvalue weighted by Gasteiger charge is -2.25. The monoisotopic (exact) mass is 530 g/mol. The molecule has 1 saturated heterocycles. The van der Waals surface area contributed by atoms with Crippen LogP contribution in [0.2, 0.25) is 0 Å². The molecule has 13 nitrogen and oxygen atoms in total. The molecule has 5 unspecified atom stereocenters. The zero-order chi connectivity index (χ0) is 27.8. The number of carbonyl (C=O) groups excluding carboxylic acids is 4. The van der Waals surface area contributed by atoms with Crippen LogP contribution in [0.4, 0.5) is 0 Å². The number of primary amides is 1. The Morgan fingerprint density at radius 2 is 1.79 bits per heavy atom. The molecule has 1 aromatic carbocycles. The molecule has 0 saturated carbocycles. The number of nitrogens with two attached hydrogens (primary N) is 1. The Balaban J connectivity index is 1.82. The number of aromatic nitrogens is 1. The van der Waals surface area contributed by atoms with Crippen molar-refractivity contribution in [3.05, 3.63) is 36.0 Å². The number of para-hydroxylation sites is 1. The number of aliphatic hydroxyl groups excluding tert-OH is 1. The Kier molecular flexibility index (Phi) is 9.79. The number of amides is 4. The number of rotatable bonds is 13. The SMILES string of the molecule is CC(O)C(NC(=O)C(CCC(N)=O)NC(=O)C(Cc1c[nH]c2ccccc12)NC(=O)C1CCCN1)C(=O)O. The van der Waals surface area contributed by atoms with Gasteiger partial charge < -0.3 is 42.2 Å². The summed E-state index contributed by atoms with van der Waals surface area (Å²) in [5.74, 6) is -4.17. The maximum atomic E-state index is 13.5. The van der Waals surface area contributed by atoms with Gasteiger partial charge >= 0.3 is 5.97 Å². The minimum atomic E-state index is -1.63. The summed E-state index contributed by atoms with van der Waals surface area (Å²) >= 11 is 0. The third-order valence-corrected chi connectivity index (χ3v) is 6.47. The summed E-state index contributed by atoms with van der Waals surface area (Å²) in [4.78, 5) is 65.2. The molecule has 1 aliphatic rings. The number of carboxylic acids is 1. The van der Waals surface area contributed by atoms with E-state index in [-0.39, 0.29) is 25.2 Å². The number of aromatic amines is 1. The fourth-order valence-corrected chi connectivity index (χ4v) is 4.38. The summed E-state index contributed by atoms with van der Waals surface area (Å²) in [5, 5.41) is 30.4. The average Bonchev–Trinajstić information content (AvgIpc) is 3.54. The summed E-state index contributed by atoms with van der Waals surface area (Å²) in [6.07, 6.45) is 1.38. The predicted molar refractivity (Wildman–Crippen MR) is 137 cm³/mol. The first-order valence-electron chi connectivity index (χ1n) is 12.5. The van der Waals surface area contributed by atoms with E-state index in [4.69, 9.17) is 5.73 Å². The van der Waals surface area contributed by atoms with Gasteiger partial charge in [0.2, 0.25) is 23.6 Å². The highest BCUT2D eigenvalue weighted by molar-refractivity contribution is 5.95. The average molecular weight is 531 g/mol. The van der Waals surface area contributed by atoms with Gasteiger partial charge in [-0.3, -0.25) is 19.2 Å². The smallest absolute Gasteiger partial charge is 0.328 e. The Hall–Kier alpha value is -3.97. The number of H-pyrrole nitrogens is 1. The summed E-state index contributed by atoms with van der Waals surface area (Å²) in [7, 11) is 0. The largest absolute Gasteiger partial charge is 0.480 e. The molecule has 1 aromatic heterocycles. The van der Waals surface area contributed by atoms with Gasteiger partial charge in [-0.2, -0.15) is 0 Å². The number of aliphatic carboxylic acids is 1. The van der Waals surface area contributed by atoms with E-state index in [1.165, 1.54) is 6.92 Å². The molecule has 0 spiro atoms. The van der Waals surface area contributed by atoms with Crippen molar-refractivity contribution in [2.45, 2.75) is 69.3 Å². The van der Waals surface area contributed by atoms with Crippen molar-refractivity contribution >= 4 is 40.5 Å². The van der Waals surface area contributed by atoms with Crippen molar-refractivity contribution in [1.29, 1.82) is 0 Å². The van der Waals surface area contributed by atoms with E-state index in [2.05, 4.69) is 26.3 Å². The van der Waals surface area contributed by atoms with Crippen molar-refractivity contribution in [2.24, 2.45) is 5.73 Å². The number of carbonyl (C=O) groups is 5. The third-order valence-electron chi connectivity index (χ3n) is 6.47. The van der Waals surface area contributed by atoms with E-state index < -0.39 is 54.0 Å². The highest BCUT2D eigenvalue weighted by Gasteiger charge is 2.33. The van der Waals surface area contributed by atoms with E-state index in [1.807, 2.05) is 24.3 Å². The quantitative estimate of drug-likeness (QED) is 0.154. The summed E-state index contributed by atoms with van der Waals surface area (Å²) in [6, 6.07) is 2.95. The van der Waals surface area contributed by atoms with Crippen LogP contribution in [0.5, 0.6) is 0 Å². The maximum absolute atomic E-state index is 13.5. The first-order chi connectivity index (χ1) is 18.1.